The maximum atomic E-state index is 14.1. The van der Waals surface area contributed by atoms with Crippen molar-refractivity contribution in [2.75, 3.05) is 58.3 Å². The summed E-state index contributed by atoms with van der Waals surface area (Å²) in [5.41, 5.74) is -1.01. The molecule has 0 radical (unpaired) electrons. The maximum absolute atomic E-state index is 14.1. The first-order valence-corrected chi connectivity index (χ1v) is 11.5. The number of carbonyl (C=O) groups is 3. The third kappa shape index (κ3) is 4.79. The fourth-order valence-corrected chi connectivity index (χ4v) is 4.67. The Bertz CT molecular complexity index is 1060. The Labute approximate surface area is 198 Å². The van der Waals surface area contributed by atoms with E-state index in [0.29, 0.717) is 38.3 Å². The number of benzene rings is 1. The number of likely N-dealkylation sites (tertiary alicyclic amines) is 1. The van der Waals surface area contributed by atoms with Crippen molar-refractivity contribution in [2.24, 2.45) is 0 Å². The molecule has 2 aliphatic rings. The number of pyridine rings is 1. The highest BCUT2D eigenvalue weighted by atomic mass is 19.1. The van der Waals surface area contributed by atoms with Gasteiger partial charge in [-0.25, -0.2) is 9.37 Å². The number of anilines is 1. The lowest BCUT2D eigenvalue weighted by molar-refractivity contribution is -0.142. The molecule has 0 spiro atoms. The minimum absolute atomic E-state index is 0.137. The third-order valence-corrected chi connectivity index (χ3v) is 6.62. The number of amides is 3. The van der Waals surface area contributed by atoms with E-state index in [-0.39, 0.29) is 31.2 Å². The van der Waals surface area contributed by atoms with Crippen LogP contribution >= 0.6 is 0 Å². The monoisotopic (exact) mass is 467 g/mol. The standard InChI is InChI=1S/C25H30FN5O3/c1-28(2)10-15-31-23(33)18-25(24(31)34,19-6-5-7-20(26)16-19)17-22(32)30-13-11-29(12-14-30)21-8-3-4-9-27-21/h3-9,16H,10-15,17-18H2,1-2H3/t25-/m0/s1. The summed E-state index contributed by atoms with van der Waals surface area (Å²) in [5, 5.41) is 0. The van der Waals surface area contributed by atoms with E-state index in [1.807, 2.05) is 37.2 Å². The number of hydrogen-bond acceptors (Lipinski definition) is 6. The minimum Gasteiger partial charge on any atom is -0.353 e. The minimum atomic E-state index is -1.39. The summed E-state index contributed by atoms with van der Waals surface area (Å²) in [6.07, 6.45) is 1.44. The molecular weight excluding hydrogens is 437 g/mol. The van der Waals surface area contributed by atoms with Crippen LogP contribution in [0.5, 0.6) is 0 Å². The number of aromatic nitrogens is 1. The quantitative estimate of drug-likeness (QED) is 0.575. The molecule has 0 saturated carbocycles. The van der Waals surface area contributed by atoms with Gasteiger partial charge >= 0.3 is 0 Å². The van der Waals surface area contributed by atoms with Crippen LogP contribution in [0.4, 0.5) is 10.2 Å². The van der Waals surface area contributed by atoms with E-state index in [1.165, 1.54) is 23.1 Å². The third-order valence-electron chi connectivity index (χ3n) is 6.62. The molecule has 2 aromatic rings. The summed E-state index contributed by atoms with van der Waals surface area (Å²) in [6.45, 7) is 2.97. The van der Waals surface area contributed by atoms with Crippen molar-refractivity contribution in [3.8, 4) is 0 Å². The first kappa shape index (κ1) is 23.8. The lowest BCUT2D eigenvalue weighted by atomic mass is 9.75. The number of piperazine rings is 1. The van der Waals surface area contributed by atoms with Gasteiger partial charge in [0.2, 0.25) is 17.7 Å². The summed E-state index contributed by atoms with van der Waals surface area (Å²) in [6, 6.07) is 11.4. The Morgan fingerprint density at radius 2 is 1.85 bits per heavy atom. The fraction of sp³-hybridized carbons (Fsp3) is 0.440. The average Bonchev–Trinajstić information content (AvgIpc) is 3.07. The van der Waals surface area contributed by atoms with Gasteiger partial charge in [0, 0.05) is 58.3 Å². The number of halogens is 1. The van der Waals surface area contributed by atoms with Crippen LogP contribution in [-0.4, -0.2) is 90.8 Å². The Morgan fingerprint density at radius 3 is 2.50 bits per heavy atom. The molecule has 1 aromatic carbocycles. The molecule has 3 heterocycles. The topological polar surface area (TPSA) is 77.1 Å². The molecule has 9 heteroatoms. The van der Waals surface area contributed by atoms with Crippen LogP contribution in [0.25, 0.3) is 0 Å². The molecule has 2 fully saturated rings. The zero-order valence-corrected chi connectivity index (χ0v) is 19.6. The van der Waals surface area contributed by atoms with Crippen LogP contribution in [0.1, 0.15) is 18.4 Å². The molecule has 0 N–H and O–H groups in total. The van der Waals surface area contributed by atoms with Crippen LogP contribution in [0.2, 0.25) is 0 Å². The molecule has 180 valence electrons. The van der Waals surface area contributed by atoms with Crippen LogP contribution in [0.15, 0.2) is 48.7 Å². The lowest BCUT2D eigenvalue weighted by Crippen LogP contribution is -2.51. The smallest absolute Gasteiger partial charge is 0.240 e. The normalized spacial score (nSPS) is 21.0. The molecule has 2 saturated heterocycles. The molecular formula is C25H30FN5O3. The van der Waals surface area contributed by atoms with Gasteiger partial charge in [-0.3, -0.25) is 19.3 Å². The molecule has 0 bridgehead atoms. The summed E-state index contributed by atoms with van der Waals surface area (Å²) in [5.74, 6) is -0.603. The number of nitrogens with zero attached hydrogens (tertiary/aromatic N) is 5. The molecule has 1 aromatic heterocycles. The second-order valence-electron chi connectivity index (χ2n) is 9.16. The Morgan fingerprint density at radius 1 is 1.09 bits per heavy atom. The molecule has 0 unspecified atom stereocenters. The van der Waals surface area contributed by atoms with Crippen molar-refractivity contribution in [3.63, 3.8) is 0 Å². The van der Waals surface area contributed by atoms with Crippen LogP contribution < -0.4 is 4.90 Å². The van der Waals surface area contributed by atoms with E-state index < -0.39 is 17.1 Å². The number of likely N-dealkylation sites (N-methyl/N-ethyl adjacent to an activating group) is 1. The van der Waals surface area contributed by atoms with Crippen molar-refractivity contribution in [2.45, 2.75) is 18.3 Å². The van der Waals surface area contributed by atoms with E-state index >= 15 is 0 Å². The molecule has 34 heavy (non-hydrogen) atoms. The van der Waals surface area contributed by atoms with Crippen molar-refractivity contribution in [1.82, 2.24) is 19.7 Å². The zero-order chi connectivity index (χ0) is 24.3. The van der Waals surface area contributed by atoms with Gasteiger partial charge in [-0.05, 0) is 43.9 Å². The lowest BCUT2D eigenvalue weighted by Gasteiger charge is -2.37. The molecule has 0 aliphatic carbocycles. The zero-order valence-electron chi connectivity index (χ0n) is 19.6. The Hall–Kier alpha value is -3.33. The number of imide groups is 1. The maximum Gasteiger partial charge on any atom is 0.240 e. The van der Waals surface area contributed by atoms with Crippen LogP contribution in [-0.2, 0) is 19.8 Å². The van der Waals surface area contributed by atoms with Gasteiger partial charge in [0.25, 0.3) is 0 Å². The molecule has 4 rings (SSSR count). The van der Waals surface area contributed by atoms with E-state index in [9.17, 15) is 18.8 Å². The van der Waals surface area contributed by atoms with Gasteiger partial charge in [-0.15, -0.1) is 0 Å². The Balaban J connectivity index is 1.53. The highest BCUT2D eigenvalue weighted by molar-refractivity contribution is 6.10. The van der Waals surface area contributed by atoms with Crippen LogP contribution in [0, 0.1) is 5.82 Å². The number of carbonyl (C=O) groups excluding carboxylic acids is 3. The first-order chi connectivity index (χ1) is 16.3. The van der Waals surface area contributed by atoms with Crippen molar-refractivity contribution in [3.05, 3.63) is 60.0 Å². The highest BCUT2D eigenvalue weighted by Gasteiger charge is 2.54. The second-order valence-corrected chi connectivity index (χ2v) is 9.16. The van der Waals surface area contributed by atoms with Gasteiger partial charge in [0.05, 0.1) is 5.41 Å². The van der Waals surface area contributed by atoms with E-state index in [4.69, 9.17) is 0 Å². The van der Waals surface area contributed by atoms with Crippen LogP contribution in [0.3, 0.4) is 0 Å². The molecule has 8 nitrogen and oxygen atoms in total. The molecule has 3 amide bonds. The second kappa shape index (κ2) is 9.89. The van der Waals surface area contributed by atoms with Gasteiger partial charge in [-0.2, -0.15) is 0 Å². The molecule has 2 aliphatic heterocycles. The van der Waals surface area contributed by atoms with Gasteiger partial charge in [-0.1, -0.05) is 18.2 Å². The first-order valence-electron chi connectivity index (χ1n) is 11.5. The van der Waals surface area contributed by atoms with Gasteiger partial charge in [0.15, 0.2) is 0 Å². The average molecular weight is 468 g/mol. The SMILES string of the molecule is CN(C)CCN1C(=O)C[C@@](CC(=O)N2CCN(c3ccccn3)CC2)(c2cccc(F)c2)C1=O. The van der Waals surface area contributed by atoms with Crippen molar-refractivity contribution >= 4 is 23.5 Å². The highest BCUT2D eigenvalue weighted by Crippen LogP contribution is 2.40. The number of hydrogen-bond donors (Lipinski definition) is 0. The Kier molecular flexibility index (Phi) is 6.92. The summed E-state index contributed by atoms with van der Waals surface area (Å²) in [4.78, 5) is 51.2. The van der Waals surface area contributed by atoms with Gasteiger partial charge in [0.1, 0.15) is 11.6 Å². The number of rotatable bonds is 7. The largest absolute Gasteiger partial charge is 0.353 e. The summed E-state index contributed by atoms with van der Waals surface area (Å²) < 4.78 is 14.1. The predicted octanol–water partition coefficient (Wildman–Crippen LogP) is 1.52. The molecule has 1 atom stereocenters. The van der Waals surface area contributed by atoms with Gasteiger partial charge < -0.3 is 14.7 Å². The van der Waals surface area contributed by atoms with Crippen molar-refractivity contribution in [1.29, 1.82) is 0 Å². The van der Waals surface area contributed by atoms with E-state index in [1.54, 1.807) is 17.2 Å². The van der Waals surface area contributed by atoms with Crippen molar-refractivity contribution < 1.29 is 18.8 Å². The van der Waals surface area contributed by atoms with E-state index in [2.05, 4.69) is 9.88 Å². The predicted molar refractivity (Wildman–Crippen MR) is 126 cm³/mol. The van der Waals surface area contributed by atoms with E-state index in [0.717, 1.165) is 5.82 Å². The summed E-state index contributed by atoms with van der Waals surface area (Å²) >= 11 is 0. The summed E-state index contributed by atoms with van der Waals surface area (Å²) in [7, 11) is 3.72. The fourth-order valence-electron chi connectivity index (χ4n) is 4.67.